The Morgan fingerprint density at radius 2 is 2.12 bits per heavy atom. The van der Waals surface area contributed by atoms with Crippen LogP contribution in [-0.2, 0) is 5.60 Å². The normalized spacial score (nSPS) is 14.6. The summed E-state index contributed by atoms with van der Waals surface area (Å²) in [5.74, 6) is -0.435. The van der Waals surface area contributed by atoms with Crippen LogP contribution in [-0.4, -0.2) is 15.3 Å². The van der Waals surface area contributed by atoms with Gasteiger partial charge >= 0.3 is 0 Å². The van der Waals surface area contributed by atoms with Gasteiger partial charge in [-0.3, -0.25) is 5.10 Å². The fourth-order valence-corrected chi connectivity index (χ4v) is 2.05. The van der Waals surface area contributed by atoms with E-state index in [0.29, 0.717) is 11.3 Å². The molecule has 1 heterocycles. The van der Waals surface area contributed by atoms with Crippen molar-refractivity contribution in [1.29, 1.82) is 0 Å². The summed E-state index contributed by atoms with van der Waals surface area (Å²) in [6, 6.07) is 5.63. The first-order valence-electron chi connectivity index (χ1n) is 5.11. The van der Waals surface area contributed by atoms with Crippen LogP contribution in [0.3, 0.4) is 0 Å². The van der Waals surface area contributed by atoms with E-state index in [0.717, 1.165) is 5.69 Å². The average molecular weight is 255 g/mol. The number of rotatable bonds is 2. The van der Waals surface area contributed by atoms with Crippen molar-refractivity contribution in [2.24, 2.45) is 0 Å². The molecule has 0 bridgehead atoms. The molecule has 2 rings (SSSR count). The Balaban J connectivity index is 2.51. The van der Waals surface area contributed by atoms with E-state index in [1.807, 2.05) is 6.92 Å². The Labute approximate surface area is 103 Å². The van der Waals surface area contributed by atoms with E-state index in [1.54, 1.807) is 13.0 Å². The Morgan fingerprint density at radius 3 is 2.65 bits per heavy atom. The number of nitrogens with zero attached hydrogens (tertiary/aromatic N) is 1. The van der Waals surface area contributed by atoms with Gasteiger partial charge in [0.05, 0.1) is 11.4 Å². The van der Waals surface area contributed by atoms with Gasteiger partial charge in [-0.15, -0.1) is 0 Å². The number of aliphatic hydroxyl groups is 1. The quantitative estimate of drug-likeness (QED) is 0.866. The van der Waals surface area contributed by atoms with Crippen LogP contribution in [0, 0.1) is 12.7 Å². The van der Waals surface area contributed by atoms with E-state index < -0.39 is 11.4 Å². The van der Waals surface area contributed by atoms with Crippen LogP contribution in [0.5, 0.6) is 0 Å². The summed E-state index contributed by atoms with van der Waals surface area (Å²) in [7, 11) is 0. The summed E-state index contributed by atoms with van der Waals surface area (Å²) in [4.78, 5) is 0. The highest BCUT2D eigenvalue weighted by Crippen LogP contribution is 2.33. The van der Waals surface area contributed by atoms with Gasteiger partial charge in [0.1, 0.15) is 11.4 Å². The van der Waals surface area contributed by atoms with Crippen molar-refractivity contribution in [3.63, 3.8) is 0 Å². The maximum Gasteiger partial charge on any atom is 0.129 e. The van der Waals surface area contributed by atoms with Crippen molar-refractivity contribution in [2.45, 2.75) is 19.4 Å². The molecule has 90 valence electrons. The monoisotopic (exact) mass is 254 g/mol. The van der Waals surface area contributed by atoms with E-state index in [4.69, 9.17) is 11.6 Å². The van der Waals surface area contributed by atoms with Crippen molar-refractivity contribution < 1.29 is 9.50 Å². The lowest BCUT2D eigenvalue weighted by atomic mass is 9.92. The van der Waals surface area contributed by atoms with Crippen LogP contribution in [0.25, 0.3) is 0 Å². The molecule has 2 aromatic rings. The van der Waals surface area contributed by atoms with Crippen molar-refractivity contribution in [2.75, 3.05) is 0 Å². The number of halogens is 2. The lowest BCUT2D eigenvalue weighted by Gasteiger charge is -2.23. The minimum absolute atomic E-state index is 0.183. The van der Waals surface area contributed by atoms with Gasteiger partial charge in [0.2, 0.25) is 0 Å². The Bertz CT molecular complexity index is 551. The second kappa shape index (κ2) is 4.13. The zero-order valence-electron chi connectivity index (χ0n) is 9.46. The van der Waals surface area contributed by atoms with E-state index in [2.05, 4.69) is 10.2 Å². The molecule has 0 fully saturated rings. The lowest BCUT2D eigenvalue weighted by Crippen LogP contribution is -2.24. The minimum atomic E-state index is -1.33. The van der Waals surface area contributed by atoms with Crippen LogP contribution in [0.15, 0.2) is 24.3 Å². The second-order valence-electron chi connectivity index (χ2n) is 4.12. The Morgan fingerprint density at radius 1 is 1.41 bits per heavy atom. The standard InChI is InChI=1S/C12H12ClFN2O/c1-7-5-11(16-15-7)12(2,17)9-4-3-8(14)6-10(9)13/h3-6,17H,1-2H3,(H,15,16). The average Bonchev–Trinajstić information content (AvgIpc) is 2.64. The van der Waals surface area contributed by atoms with Gasteiger partial charge in [0, 0.05) is 10.6 Å². The van der Waals surface area contributed by atoms with Crippen LogP contribution < -0.4 is 0 Å². The first-order chi connectivity index (χ1) is 7.91. The number of benzene rings is 1. The predicted molar refractivity (Wildman–Crippen MR) is 63.4 cm³/mol. The SMILES string of the molecule is Cc1cc(C(C)(O)c2ccc(F)cc2Cl)[nH]n1. The van der Waals surface area contributed by atoms with Gasteiger partial charge in [-0.1, -0.05) is 17.7 Å². The molecule has 1 aromatic heterocycles. The van der Waals surface area contributed by atoms with Gasteiger partial charge in [0.15, 0.2) is 0 Å². The van der Waals surface area contributed by atoms with Crippen LogP contribution in [0.4, 0.5) is 4.39 Å². The molecule has 0 aliphatic rings. The van der Waals surface area contributed by atoms with Gasteiger partial charge < -0.3 is 5.11 Å². The number of nitrogens with one attached hydrogen (secondary N) is 1. The molecule has 17 heavy (non-hydrogen) atoms. The molecule has 0 spiro atoms. The maximum atomic E-state index is 13.0. The first kappa shape index (κ1) is 12.1. The zero-order chi connectivity index (χ0) is 12.6. The molecule has 5 heteroatoms. The highest BCUT2D eigenvalue weighted by Gasteiger charge is 2.30. The van der Waals surface area contributed by atoms with Crippen LogP contribution in [0.2, 0.25) is 5.02 Å². The molecule has 0 radical (unpaired) electrons. The molecular weight excluding hydrogens is 243 g/mol. The molecule has 3 nitrogen and oxygen atoms in total. The first-order valence-corrected chi connectivity index (χ1v) is 5.49. The summed E-state index contributed by atoms with van der Waals surface area (Å²) in [6.45, 7) is 3.39. The van der Waals surface area contributed by atoms with Crippen molar-refractivity contribution in [3.8, 4) is 0 Å². The highest BCUT2D eigenvalue weighted by molar-refractivity contribution is 6.31. The molecular formula is C12H12ClFN2O. The fraction of sp³-hybridized carbons (Fsp3) is 0.250. The van der Waals surface area contributed by atoms with Gasteiger partial charge in [-0.2, -0.15) is 5.10 Å². The van der Waals surface area contributed by atoms with Crippen molar-refractivity contribution in [1.82, 2.24) is 10.2 Å². The highest BCUT2D eigenvalue weighted by atomic mass is 35.5. The third-order valence-corrected chi connectivity index (χ3v) is 3.00. The van der Waals surface area contributed by atoms with Crippen LogP contribution >= 0.6 is 11.6 Å². The topological polar surface area (TPSA) is 48.9 Å². The molecule has 1 aromatic carbocycles. The summed E-state index contributed by atoms with van der Waals surface area (Å²) in [6.07, 6.45) is 0. The number of aromatic nitrogens is 2. The summed E-state index contributed by atoms with van der Waals surface area (Å²) in [5.41, 5.74) is 0.387. The molecule has 0 aliphatic carbocycles. The van der Waals surface area contributed by atoms with Gasteiger partial charge in [0.25, 0.3) is 0 Å². The lowest BCUT2D eigenvalue weighted by molar-refractivity contribution is 0.0973. The molecule has 0 amide bonds. The smallest absolute Gasteiger partial charge is 0.129 e. The number of hydrogen-bond donors (Lipinski definition) is 2. The summed E-state index contributed by atoms with van der Waals surface area (Å²) < 4.78 is 13.0. The number of aromatic amines is 1. The minimum Gasteiger partial charge on any atom is -0.379 e. The number of aryl methyl sites for hydroxylation is 1. The van der Waals surface area contributed by atoms with E-state index in [-0.39, 0.29) is 5.02 Å². The molecule has 1 unspecified atom stereocenters. The Hall–Kier alpha value is -1.39. The van der Waals surface area contributed by atoms with E-state index >= 15 is 0 Å². The fourth-order valence-electron chi connectivity index (χ4n) is 1.70. The Kier molecular flexibility index (Phi) is 2.93. The summed E-state index contributed by atoms with van der Waals surface area (Å²) in [5, 5.41) is 17.3. The van der Waals surface area contributed by atoms with Crippen LogP contribution in [0.1, 0.15) is 23.9 Å². The zero-order valence-corrected chi connectivity index (χ0v) is 10.2. The van der Waals surface area contributed by atoms with E-state index in [9.17, 15) is 9.50 Å². The molecule has 0 aliphatic heterocycles. The molecule has 1 atom stereocenters. The molecule has 2 N–H and O–H groups in total. The van der Waals surface area contributed by atoms with Gasteiger partial charge in [-0.25, -0.2) is 4.39 Å². The number of H-pyrrole nitrogens is 1. The van der Waals surface area contributed by atoms with Gasteiger partial charge in [-0.05, 0) is 32.0 Å². The second-order valence-corrected chi connectivity index (χ2v) is 4.53. The van der Waals surface area contributed by atoms with Crippen molar-refractivity contribution >= 4 is 11.6 Å². The number of hydrogen-bond acceptors (Lipinski definition) is 2. The third-order valence-electron chi connectivity index (χ3n) is 2.69. The maximum absolute atomic E-state index is 13.0. The largest absolute Gasteiger partial charge is 0.379 e. The predicted octanol–water partition coefficient (Wildman–Crippen LogP) is 2.77. The summed E-state index contributed by atoms with van der Waals surface area (Å²) >= 11 is 5.94. The third kappa shape index (κ3) is 2.18. The molecule has 0 saturated heterocycles. The van der Waals surface area contributed by atoms with E-state index in [1.165, 1.54) is 18.2 Å². The molecule has 0 saturated carbocycles. The van der Waals surface area contributed by atoms with Crippen molar-refractivity contribution in [3.05, 3.63) is 52.1 Å².